The standard InChI is InChI=1S/C18H34O3.C3H8O2/c1-2-3-4-11-14-17(19)15-12-9-7-5-6-8-10-13-16-18(20)21;1-3(4)5-2/h9,12,17,19H,2-8,10-11,13-16H2,1H3,(H,20,21);3-4H,1-2H3/b12-9-;. The lowest BCUT2D eigenvalue weighted by atomic mass is 10.1. The van der Waals surface area contributed by atoms with Gasteiger partial charge in [0.2, 0.25) is 0 Å². The summed E-state index contributed by atoms with van der Waals surface area (Å²) in [6.07, 6.45) is 16.7. The van der Waals surface area contributed by atoms with Crippen LogP contribution in [0.1, 0.15) is 97.3 Å². The maximum Gasteiger partial charge on any atom is 0.303 e. The van der Waals surface area contributed by atoms with Crippen molar-refractivity contribution in [3.8, 4) is 0 Å². The number of rotatable bonds is 16. The number of aliphatic hydroxyl groups excluding tert-OH is 2. The van der Waals surface area contributed by atoms with E-state index in [0.29, 0.717) is 6.42 Å². The van der Waals surface area contributed by atoms with Crippen molar-refractivity contribution in [3.05, 3.63) is 12.2 Å². The molecule has 0 amide bonds. The molecule has 0 bridgehead atoms. The molecule has 0 aromatic carbocycles. The van der Waals surface area contributed by atoms with Crippen LogP contribution in [-0.2, 0) is 9.53 Å². The minimum absolute atomic E-state index is 0.172. The Morgan fingerprint density at radius 1 is 0.962 bits per heavy atom. The van der Waals surface area contributed by atoms with Crippen molar-refractivity contribution in [3.63, 3.8) is 0 Å². The van der Waals surface area contributed by atoms with Gasteiger partial charge in [-0.25, -0.2) is 0 Å². The van der Waals surface area contributed by atoms with Crippen LogP contribution in [0.15, 0.2) is 12.2 Å². The summed E-state index contributed by atoms with van der Waals surface area (Å²) < 4.78 is 4.31. The summed E-state index contributed by atoms with van der Waals surface area (Å²) in [5.41, 5.74) is 0. The summed E-state index contributed by atoms with van der Waals surface area (Å²) in [5.74, 6) is -0.689. The Balaban J connectivity index is 0. The average molecular weight is 375 g/mol. The highest BCUT2D eigenvalue weighted by molar-refractivity contribution is 5.66. The number of aliphatic carboxylic acids is 1. The quantitative estimate of drug-likeness (QED) is 0.200. The molecule has 0 fully saturated rings. The molecule has 26 heavy (non-hydrogen) atoms. The van der Waals surface area contributed by atoms with Crippen LogP contribution in [0.4, 0.5) is 0 Å². The van der Waals surface area contributed by atoms with Gasteiger partial charge in [0.15, 0.2) is 6.29 Å². The number of unbranched alkanes of at least 4 members (excludes halogenated alkanes) is 8. The molecule has 0 aliphatic rings. The van der Waals surface area contributed by atoms with Gasteiger partial charge in [-0.1, -0.05) is 64.0 Å². The fourth-order valence-corrected chi connectivity index (χ4v) is 2.36. The summed E-state index contributed by atoms with van der Waals surface area (Å²) in [5, 5.41) is 26.4. The summed E-state index contributed by atoms with van der Waals surface area (Å²) in [6, 6.07) is 0. The van der Waals surface area contributed by atoms with Gasteiger partial charge in [0.25, 0.3) is 0 Å². The zero-order chi connectivity index (χ0) is 20.0. The van der Waals surface area contributed by atoms with Gasteiger partial charge < -0.3 is 20.1 Å². The second-order valence-corrected chi connectivity index (χ2v) is 6.75. The van der Waals surface area contributed by atoms with Crippen molar-refractivity contribution in [2.75, 3.05) is 7.11 Å². The number of carboxylic acids is 1. The van der Waals surface area contributed by atoms with Crippen molar-refractivity contribution < 1.29 is 24.9 Å². The highest BCUT2D eigenvalue weighted by Crippen LogP contribution is 2.10. The number of methoxy groups -OCH3 is 1. The lowest BCUT2D eigenvalue weighted by Gasteiger charge is -2.07. The van der Waals surface area contributed by atoms with E-state index in [1.165, 1.54) is 32.8 Å². The largest absolute Gasteiger partial charge is 0.481 e. The number of allylic oxidation sites excluding steroid dienone is 1. The lowest BCUT2D eigenvalue weighted by molar-refractivity contribution is -0.137. The van der Waals surface area contributed by atoms with Crippen LogP contribution in [-0.4, -0.2) is 40.8 Å². The third-order valence-corrected chi connectivity index (χ3v) is 4.07. The van der Waals surface area contributed by atoms with E-state index in [1.54, 1.807) is 6.92 Å². The van der Waals surface area contributed by atoms with Crippen LogP contribution in [0, 0.1) is 0 Å². The van der Waals surface area contributed by atoms with Crippen LogP contribution in [0.2, 0.25) is 0 Å². The SMILES string of the molecule is CCCCCCC(O)C/C=C\CCCCCCCC(=O)O.COC(C)O. The van der Waals surface area contributed by atoms with E-state index in [4.69, 9.17) is 10.2 Å². The van der Waals surface area contributed by atoms with Gasteiger partial charge in [-0.3, -0.25) is 4.79 Å². The molecule has 0 radical (unpaired) electrons. The van der Waals surface area contributed by atoms with Crippen molar-refractivity contribution in [1.82, 2.24) is 0 Å². The molecule has 2 atom stereocenters. The monoisotopic (exact) mass is 374 g/mol. The normalized spacial score (nSPS) is 13.3. The second kappa shape index (κ2) is 22.1. The van der Waals surface area contributed by atoms with Crippen LogP contribution in [0.3, 0.4) is 0 Å². The molecule has 0 aromatic rings. The predicted octanol–water partition coefficient (Wildman–Crippen LogP) is 5.05. The molecule has 0 saturated heterocycles. The van der Waals surface area contributed by atoms with E-state index in [2.05, 4.69) is 23.8 Å². The van der Waals surface area contributed by atoms with Gasteiger partial charge in [-0.05, 0) is 39.0 Å². The van der Waals surface area contributed by atoms with Crippen molar-refractivity contribution in [2.24, 2.45) is 0 Å². The Bertz CT molecular complexity index is 316. The summed E-state index contributed by atoms with van der Waals surface area (Å²) in [4.78, 5) is 10.3. The summed E-state index contributed by atoms with van der Waals surface area (Å²) in [6.45, 7) is 3.76. The number of aliphatic hydroxyl groups is 2. The van der Waals surface area contributed by atoms with Gasteiger partial charge >= 0.3 is 5.97 Å². The predicted molar refractivity (Wildman–Crippen MR) is 107 cm³/mol. The first-order valence-corrected chi connectivity index (χ1v) is 10.2. The van der Waals surface area contributed by atoms with E-state index in [9.17, 15) is 9.90 Å². The number of carbonyl (C=O) groups is 1. The summed E-state index contributed by atoms with van der Waals surface area (Å²) >= 11 is 0. The van der Waals surface area contributed by atoms with Crippen LogP contribution < -0.4 is 0 Å². The molecule has 0 aliphatic heterocycles. The number of ether oxygens (including phenoxy) is 1. The molecule has 0 rings (SSSR count). The highest BCUT2D eigenvalue weighted by Gasteiger charge is 2.00. The van der Waals surface area contributed by atoms with E-state index in [-0.39, 0.29) is 6.10 Å². The molecule has 0 spiro atoms. The molecule has 5 heteroatoms. The third kappa shape index (κ3) is 27.9. The minimum Gasteiger partial charge on any atom is -0.481 e. The van der Waals surface area contributed by atoms with E-state index in [0.717, 1.165) is 51.4 Å². The fraction of sp³-hybridized carbons (Fsp3) is 0.857. The number of hydrogen-bond donors (Lipinski definition) is 3. The number of carboxylic acid groups (broad SMARTS) is 1. The van der Waals surface area contributed by atoms with E-state index < -0.39 is 12.3 Å². The molecular formula is C21H42O5. The summed E-state index contributed by atoms with van der Waals surface area (Å²) in [7, 11) is 1.45. The maximum atomic E-state index is 10.3. The van der Waals surface area contributed by atoms with Gasteiger partial charge in [-0.15, -0.1) is 0 Å². The van der Waals surface area contributed by atoms with Crippen molar-refractivity contribution >= 4 is 5.97 Å². The molecule has 2 unspecified atom stereocenters. The minimum atomic E-state index is -0.689. The smallest absolute Gasteiger partial charge is 0.303 e. The van der Waals surface area contributed by atoms with Gasteiger partial charge in [0, 0.05) is 13.5 Å². The molecule has 156 valence electrons. The Morgan fingerprint density at radius 2 is 1.54 bits per heavy atom. The fourth-order valence-electron chi connectivity index (χ4n) is 2.36. The average Bonchev–Trinajstić information content (AvgIpc) is 2.60. The van der Waals surface area contributed by atoms with E-state index in [1.807, 2.05) is 0 Å². The molecule has 0 heterocycles. The Morgan fingerprint density at radius 3 is 2.12 bits per heavy atom. The van der Waals surface area contributed by atoms with E-state index >= 15 is 0 Å². The topological polar surface area (TPSA) is 87.0 Å². The highest BCUT2D eigenvalue weighted by atomic mass is 16.6. The first kappa shape index (κ1) is 27.3. The van der Waals surface area contributed by atoms with Gasteiger partial charge in [0.05, 0.1) is 6.10 Å². The van der Waals surface area contributed by atoms with Crippen molar-refractivity contribution in [1.29, 1.82) is 0 Å². The van der Waals surface area contributed by atoms with Crippen molar-refractivity contribution in [2.45, 2.75) is 110 Å². The molecule has 0 aromatic heterocycles. The number of hydrogen-bond acceptors (Lipinski definition) is 4. The first-order chi connectivity index (χ1) is 12.4. The maximum absolute atomic E-state index is 10.3. The zero-order valence-corrected chi connectivity index (χ0v) is 17.2. The zero-order valence-electron chi connectivity index (χ0n) is 17.2. The molecule has 0 saturated carbocycles. The molecule has 3 N–H and O–H groups in total. The van der Waals surface area contributed by atoms with Crippen LogP contribution in [0.5, 0.6) is 0 Å². The van der Waals surface area contributed by atoms with Gasteiger partial charge in [0.1, 0.15) is 0 Å². The van der Waals surface area contributed by atoms with Crippen LogP contribution >= 0.6 is 0 Å². The molecular weight excluding hydrogens is 332 g/mol. The van der Waals surface area contributed by atoms with Gasteiger partial charge in [-0.2, -0.15) is 0 Å². The Hall–Kier alpha value is -0.910. The van der Waals surface area contributed by atoms with Crippen LogP contribution in [0.25, 0.3) is 0 Å². The second-order valence-electron chi connectivity index (χ2n) is 6.75. The Kier molecular flexibility index (Phi) is 23.2. The Labute approximate surface area is 160 Å². The molecule has 0 aliphatic carbocycles. The molecule has 5 nitrogen and oxygen atoms in total. The third-order valence-electron chi connectivity index (χ3n) is 4.07. The first-order valence-electron chi connectivity index (χ1n) is 10.2. The lowest BCUT2D eigenvalue weighted by Crippen LogP contribution is -2.04.